The predicted octanol–water partition coefficient (Wildman–Crippen LogP) is 1.72. The Balaban J connectivity index is 3.22. The molecule has 0 heterocycles. The van der Waals surface area contributed by atoms with E-state index in [0.29, 0.717) is 5.56 Å². The molecule has 1 aromatic carbocycles. The van der Waals surface area contributed by atoms with Crippen LogP contribution in [0.1, 0.15) is 15.9 Å². The van der Waals surface area contributed by atoms with E-state index in [1.165, 1.54) is 12.1 Å². The number of halogens is 2. The summed E-state index contributed by atoms with van der Waals surface area (Å²) in [6, 6.07) is 2.18. The molecular formula is C11H11F2NO2. The number of benzene rings is 1. The van der Waals surface area contributed by atoms with Gasteiger partial charge in [-0.2, -0.15) is 0 Å². The van der Waals surface area contributed by atoms with Crippen LogP contribution in [0.25, 0.3) is 6.08 Å². The molecule has 0 aliphatic heterocycles. The molecule has 86 valence electrons. The van der Waals surface area contributed by atoms with Crippen LogP contribution in [-0.4, -0.2) is 19.6 Å². The lowest BCUT2D eigenvalue weighted by atomic mass is 10.1. The first-order chi connectivity index (χ1) is 7.60. The largest absolute Gasteiger partial charge is 0.465 e. The highest BCUT2D eigenvalue weighted by Gasteiger charge is 2.16. The topological polar surface area (TPSA) is 52.3 Å². The van der Waals surface area contributed by atoms with Crippen LogP contribution in [-0.2, 0) is 4.74 Å². The number of carbonyl (C=O) groups is 1. The van der Waals surface area contributed by atoms with Gasteiger partial charge in [0, 0.05) is 6.54 Å². The van der Waals surface area contributed by atoms with Crippen molar-refractivity contribution in [1.29, 1.82) is 0 Å². The molecule has 0 atom stereocenters. The van der Waals surface area contributed by atoms with E-state index in [0.717, 1.165) is 13.2 Å². The van der Waals surface area contributed by atoms with Crippen molar-refractivity contribution in [2.24, 2.45) is 5.73 Å². The van der Waals surface area contributed by atoms with Gasteiger partial charge in [0.1, 0.15) is 0 Å². The Labute approximate surface area is 91.5 Å². The summed E-state index contributed by atoms with van der Waals surface area (Å²) < 4.78 is 30.7. The SMILES string of the molecule is COC(=O)c1cc(/C=C/CN)cc(F)c1F. The molecule has 0 aliphatic carbocycles. The molecule has 3 nitrogen and oxygen atoms in total. The van der Waals surface area contributed by atoms with Crippen LogP contribution in [0.4, 0.5) is 8.78 Å². The van der Waals surface area contributed by atoms with Gasteiger partial charge in [0.25, 0.3) is 0 Å². The average molecular weight is 227 g/mol. The van der Waals surface area contributed by atoms with Gasteiger partial charge < -0.3 is 10.5 Å². The van der Waals surface area contributed by atoms with E-state index in [2.05, 4.69) is 4.74 Å². The van der Waals surface area contributed by atoms with E-state index in [-0.39, 0.29) is 6.54 Å². The second kappa shape index (κ2) is 5.37. The number of ether oxygens (including phenoxy) is 1. The second-order valence-corrected chi connectivity index (χ2v) is 2.99. The van der Waals surface area contributed by atoms with Gasteiger partial charge in [-0.3, -0.25) is 0 Å². The van der Waals surface area contributed by atoms with Gasteiger partial charge in [0.2, 0.25) is 0 Å². The van der Waals surface area contributed by atoms with E-state index in [1.807, 2.05) is 0 Å². The second-order valence-electron chi connectivity index (χ2n) is 2.99. The zero-order chi connectivity index (χ0) is 12.1. The van der Waals surface area contributed by atoms with Crippen LogP contribution < -0.4 is 5.73 Å². The summed E-state index contributed by atoms with van der Waals surface area (Å²) in [6.07, 6.45) is 3.06. The molecule has 0 spiro atoms. The van der Waals surface area contributed by atoms with Crippen molar-refractivity contribution >= 4 is 12.0 Å². The monoisotopic (exact) mass is 227 g/mol. The minimum atomic E-state index is -1.21. The number of hydrogen-bond acceptors (Lipinski definition) is 3. The zero-order valence-corrected chi connectivity index (χ0v) is 8.67. The quantitative estimate of drug-likeness (QED) is 0.800. The third kappa shape index (κ3) is 2.64. The number of esters is 1. The normalized spacial score (nSPS) is 10.8. The first kappa shape index (κ1) is 12.3. The minimum Gasteiger partial charge on any atom is -0.465 e. The summed E-state index contributed by atoms with van der Waals surface area (Å²) in [4.78, 5) is 11.1. The summed E-state index contributed by atoms with van der Waals surface area (Å²) in [5.74, 6) is -3.23. The van der Waals surface area contributed by atoms with Crippen molar-refractivity contribution in [2.45, 2.75) is 0 Å². The fourth-order valence-electron chi connectivity index (χ4n) is 1.17. The van der Waals surface area contributed by atoms with Crippen molar-refractivity contribution in [1.82, 2.24) is 0 Å². The van der Waals surface area contributed by atoms with Crippen molar-refractivity contribution in [3.8, 4) is 0 Å². The smallest absolute Gasteiger partial charge is 0.340 e. The Bertz CT molecular complexity index is 430. The standard InChI is InChI=1S/C11H11F2NO2/c1-16-11(15)8-5-7(3-2-4-14)6-9(12)10(8)13/h2-3,5-6H,4,14H2,1H3/b3-2+. The Morgan fingerprint density at radius 2 is 2.19 bits per heavy atom. The van der Waals surface area contributed by atoms with Crippen molar-refractivity contribution < 1.29 is 18.3 Å². The third-order valence-electron chi connectivity index (χ3n) is 1.90. The molecule has 1 aromatic rings. The van der Waals surface area contributed by atoms with Crippen LogP contribution in [0.15, 0.2) is 18.2 Å². The fraction of sp³-hybridized carbons (Fsp3) is 0.182. The highest BCUT2D eigenvalue weighted by atomic mass is 19.2. The molecule has 0 saturated heterocycles. The first-order valence-electron chi connectivity index (χ1n) is 4.54. The van der Waals surface area contributed by atoms with Gasteiger partial charge >= 0.3 is 5.97 Å². The first-order valence-corrected chi connectivity index (χ1v) is 4.54. The molecule has 0 saturated carbocycles. The van der Waals surface area contributed by atoms with Gasteiger partial charge in [-0.05, 0) is 17.7 Å². The van der Waals surface area contributed by atoms with Crippen molar-refractivity contribution in [3.05, 3.63) is 41.0 Å². The average Bonchev–Trinajstić information content (AvgIpc) is 2.29. The van der Waals surface area contributed by atoms with Crippen molar-refractivity contribution in [3.63, 3.8) is 0 Å². The Hall–Kier alpha value is -1.75. The van der Waals surface area contributed by atoms with Gasteiger partial charge in [-0.1, -0.05) is 12.2 Å². The maximum atomic E-state index is 13.2. The van der Waals surface area contributed by atoms with Crippen LogP contribution in [0.5, 0.6) is 0 Å². The Morgan fingerprint density at radius 3 is 2.75 bits per heavy atom. The highest BCUT2D eigenvalue weighted by Crippen LogP contribution is 2.17. The van der Waals surface area contributed by atoms with Gasteiger partial charge in [-0.15, -0.1) is 0 Å². The molecule has 0 amide bonds. The third-order valence-corrected chi connectivity index (χ3v) is 1.90. The molecular weight excluding hydrogens is 216 g/mol. The molecule has 5 heteroatoms. The molecule has 0 unspecified atom stereocenters. The van der Waals surface area contributed by atoms with Crippen LogP contribution in [0.2, 0.25) is 0 Å². The maximum absolute atomic E-state index is 13.2. The number of rotatable bonds is 3. The lowest BCUT2D eigenvalue weighted by molar-refractivity contribution is 0.0594. The molecule has 0 aromatic heterocycles. The van der Waals surface area contributed by atoms with E-state index >= 15 is 0 Å². The minimum absolute atomic E-state index is 0.270. The summed E-state index contributed by atoms with van der Waals surface area (Å²) in [5, 5.41) is 0. The molecule has 2 N–H and O–H groups in total. The van der Waals surface area contributed by atoms with Crippen LogP contribution in [0, 0.1) is 11.6 Å². The van der Waals surface area contributed by atoms with E-state index in [1.54, 1.807) is 6.08 Å². The van der Waals surface area contributed by atoms with E-state index in [9.17, 15) is 13.6 Å². The van der Waals surface area contributed by atoms with Gasteiger partial charge in [0.15, 0.2) is 11.6 Å². The van der Waals surface area contributed by atoms with Gasteiger partial charge in [-0.25, -0.2) is 13.6 Å². The lowest BCUT2D eigenvalue weighted by Crippen LogP contribution is -2.06. The fourth-order valence-corrected chi connectivity index (χ4v) is 1.17. The summed E-state index contributed by atoms with van der Waals surface area (Å²) >= 11 is 0. The predicted molar refractivity (Wildman–Crippen MR) is 55.8 cm³/mol. The molecule has 1 rings (SSSR count). The lowest BCUT2D eigenvalue weighted by Gasteiger charge is -2.03. The Kier molecular flexibility index (Phi) is 4.13. The number of carbonyl (C=O) groups excluding carboxylic acids is 1. The molecule has 0 aliphatic rings. The summed E-state index contributed by atoms with van der Waals surface area (Å²) in [7, 11) is 1.10. The van der Waals surface area contributed by atoms with E-state index < -0.39 is 23.2 Å². The number of hydrogen-bond donors (Lipinski definition) is 1. The van der Waals surface area contributed by atoms with Crippen LogP contribution >= 0.6 is 0 Å². The summed E-state index contributed by atoms with van der Waals surface area (Å²) in [5.41, 5.74) is 5.14. The number of methoxy groups -OCH3 is 1. The molecule has 0 bridgehead atoms. The molecule has 0 radical (unpaired) electrons. The Morgan fingerprint density at radius 1 is 1.50 bits per heavy atom. The number of nitrogens with two attached hydrogens (primary N) is 1. The molecule has 16 heavy (non-hydrogen) atoms. The van der Waals surface area contributed by atoms with Gasteiger partial charge in [0.05, 0.1) is 12.7 Å². The van der Waals surface area contributed by atoms with E-state index in [4.69, 9.17) is 5.73 Å². The summed E-state index contributed by atoms with van der Waals surface area (Å²) in [6.45, 7) is 0.270. The maximum Gasteiger partial charge on any atom is 0.340 e. The molecule has 0 fully saturated rings. The van der Waals surface area contributed by atoms with Crippen LogP contribution in [0.3, 0.4) is 0 Å². The highest BCUT2D eigenvalue weighted by molar-refractivity contribution is 5.90. The van der Waals surface area contributed by atoms with Crippen molar-refractivity contribution in [2.75, 3.05) is 13.7 Å². The zero-order valence-electron chi connectivity index (χ0n) is 8.67.